The zero-order valence-electron chi connectivity index (χ0n) is 8.90. The fourth-order valence-corrected chi connectivity index (χ4v) is 2.99. The molecule has 0 aliphatic heterocycles. The van der Waals surface area contributed by atoms with E-state index in [1.807, 2.05) is 24.3 Å². The molecular formula is C15H7NS. The maximum Gasteiger partial charge on any atom is 0.152 e. The Morgan fingerprint density at radius 3 is 2.65 bits per heavy atom. The van der Waals surface area contributed by atoms with E-state index in [1.54, 1.807) is 11.3 Å². The van der Waals surface area contributed by atoms with Crippen molar-refractivity contribution in [3.8, 4) is 17.9 Å². The lowest BCUT2D eigenvalue weighted by molar-refractivity contribution is 1.55. The number of fused-ring (bicyclic) bond motifs is 3. The van der Waals surface area contributed by atoms with Crippen LogP contribution in [0.25, 0.3) is 20.2 Å². The van der Waals surface area contributed by atoms with Crippen LogP contribution in [-0.2, 0) is 0 Å². The zero-order valence-corrected chi connectivity index (χ0v) is 9.71. The molecule has 0 aliphatic carbocycles. The topological polar surface area (TPSA) is 23.8 Å². The van der Waals surface area contributed by atoms with Gasteiger partial charge in [0.1, 0.15) is 0 Å². The van der Waals surface area contributed by atoms with Crippen LogP contribution in [0.3, 0.4) is 0 Å². The Morgan fingerprint density at radius 2 is 1.76 bits per heavy atom. The molecule has 0 unspecified atom stereocenters. The van der Waals surface area contributed by atoms with E-state index in [1.165, 1.54) is 20.2 Å². The molecule has 2 aromatic carbocycles. The van der Waals surface area contributed by atoms with Crippen LogP contribution in [0.4, 0.5) is 0 Å². The number of rotatable bonds is 0. The van der Waals surface area contributed by atoms with Crippen LogP contribution in [0.2, 0.25) is 0 Å². The van der Waals surface area contributed by atoms with Gasteiger partial charge < -0.3 is 0 Å². The van der Waals surface area contributed by atoms with Gasteiger partial charge in [-0.3, -0.25) is 0 Å². The fourth-order valence-electron chi connectivity index (χ4n) is 1.90. The third-order valence-corrected chi connectivity index (χ3v) is 3.79. The molecule has 1 nitrogen and oxygen atoms in total. The highest BCUT2D eigenvalue weighted by Gasteiger charge is 2.03. The lowest BCUT2D eigenvalue weighted by atomic mass is 10.1. The Morgan fingerprint density at radius 1 is 0.941 bits per heavy atom. The smallest absolute Gasteiger partial charge is 0.152 e. The summed E-state index contributed by atoms with van der Waals surface area (Å²) in [5.41, 5.74) is 0.891. The van der Waals surface area contributed by atoms with Gasteiger partial charge in [-0.15, -0.1) is 11.3 Å². The van der Waals surface area contributed by atoms with Gasteiger partial charge in [0.2, 0.25) is 0 Å². The quantitative estimate of drug-likeness (QED) is 0.540. The summed E-state index contributed by atoms with van der Waals surface area (Å²) in [6, 6.07) is 16.3. The van der Waals surface area contributed by atoms with E-state index in [9.17, 15) is 0 Å². The molecule has 0 fully saturated rings. The van der Waals surface area contributed by atoms with Gasteiger partial charge >= 0.3 is 0 Å². The molecule has 17 heavy (non-hydrogen) atoms. The van der Waals surface area contributed by atoms with Crippen molar-refractivity contribution >= 4 is 31.5 Å². The van der Waals surface area contributed by atoms with E-state index in [-0.39, 0.29) is 0 Å². The van der Waals surface area contributed by atoms with Crippen molar-refractivity contribution in [2.45, 2.75) is 0 Å². The Bertz CT molecular complexity index is 809. The van der Waals surface area contributed by atoms with Crippen molar-refractivity contribution in [1.29, 1.82) is 5.26 Å². The molecule has 0 atom stereocenters. The molecule has 0 N–H and O–H groups in total. The van der Waals surface area contributed by atoms with E-state index >= 15 is 0 Å². The monoisotopic (exact) mass is 233 g/mol. The summed E-state index contributed by atoms with van der Waals surface area (Å²) < 4.78 is 2.54. The minimum Gasteiger partial charge on any atom is -0.183 e. The average Bonchev–Trinajstić information content (AvgIpc) is 2.74. The molecule has 2 heteroatoms. The van der Waals surface area contributed by atoms with Crippen molar-refractivity contribution in [1.82, 2.24) is 0 Å². The zero-order chi connectivity index (χ0) is 11.7. The molecule has 0 saturated heterocycles. The van der Waals surface area contributed by atoms with Gasteiger partial charge in [-0.2, -0.15) is 5.26 Å². The Labute approximate surface area is 103 Å². The second-order valence-electron chi connectivity index (χ2n) is 3.67. The molecule has 0 bridgehead atoms. The standard InChI is InChI=1S/C15H7NS/c16-9-3-4-11-7-8-15-13(10-11)12-5-1-2-6-14(12)17-15/h1-2,5-8,10H. The maximum atomic E-state index is 8.45. The molecule has 0 spiro atoms. The van der Waals surface area contributed by atoms with Gasteiger partial charge in [0.05, 0.1) is 0 Å². The summed E-state index contributed by atoms with van der Waals surface area (Å²) in [5, 5.41) is 10.9. The normalized spacial score (nSPS) is 9.82. The Hall–Kier alpha value is -2.29. The summed E-state index contributed by atoms with van der Waals surface area (Å²) in [6.45, 7) is 0. The van der Waals surface area contributed by atoms with E-state index < -0.39 is 0 Å². The van der Waals surface area contributed by atoms with Crippen molar-refractivity contribution < 1.29 is 0 Å². The molecule has 3 aromatic rings. The third kappa shape index (κ3) is 1.65. The Balaban J connectivity index is 2.34. The van der Waals surface area contributed by atoms with Gasteiger partial charge in [0.15, 0.2) is 6.07 Å². The highest BCUT2D eigenvalue weighted by Crippen LogP contribution is 2.33. The van der Waals surface area contributed by atoms with Crippen LogP contribution in [0.15, 0.2) is 42.5 Å². The SMILES string of the molecule is N#CC#Cc1ccc2sc3ccccc3c2c1. The predicted molar refractivity (Wildman–Crippen MR) is 71.8 cm³/mol. The largest absolute Gasteiger partial charge is 0.183 e. The maximum absolute atomic E-state index is 8.45. The Kier molecular flexibility index (Phi) is 2.29. The highest BCUT2D eigenvalue weighted by molar-refractivity contribution is 7.25. The molecule has 0 saturated carbocycles. The highest BCUT2D eigenvalue weighted by atomic mass is 32.1. The fraction of sp³-hybridized carbons (Fsp3) is 0. The molecular weight excluding hydrogens is 226 g/mol. The molecule has 78 valence electrons. The van der Waals surface area contributed by atoms with Gasteiger partial charge in [-0.25, -0.2) is 0 Å². The molecule has 0 amide bonds. The second-order valence-corrected chi connectivity index (χ2v) is 4.75. The number of hydrogen-bond donors (Lipinski definition) is 0. The minimum atomic E-state index is 0.891. The summed E-state index contributed by atoms with van der Waals surface area (Å²) in [6.07, 6.45) is 0. The summed E-state index contributed by atoms with van der Waals surface area (Å²) in [4.78, 5) is 0. The van der Waals surface area contributed by atoms with Gasteiger partial charge in [0, 0.05) is 31.7 Å². The number of benzene rings is 2. The number of nitriles is 1. The average molecular weight is 233 g/mol. The molecule has 1 aromatic heterocycles. The lowest BCUT2D eigenvalue weighted by Crippen LogP contribution is -1.72. The minimum absolute atomic E-state index is 0.891. The molecule has 1 heterocycles. The summed E-state index contributed by atoms with van der Waals surface area (Å²) >= 11 is 1.78. The first-order valence-electron chi connectivity index (χ1n) is 5.20. The van der Waals surface area contributed by atoms with Crippen LogP contribution < -0.4 is 0 Å². The van der Waals surface area contributed by atoms with E-state index in [0.29, 0.717) is 0 Å². The molecule has 0 radical (unpaired) electrons. The second kappa shape index (κ2) is 3.94. The number of thiophene rings is 1. The van der Waals surface area contributed by atoms with Crippen LogP contribution in [0, 0.1) is 23.2 Å². The van der Waals surface area contributed by atoms with E-state index in [0.717, 1.165) is 5.56 Å². The summed E-state index contributed by atoms with van der Waals surface area (Å²) in [7, 11) is 0. The van der Waals surface area contributed by atoms with Gasteiger partial charge in [-0.1, -0.05) is 24.1 Å². The van der Waals surface area contributed by atoms with Gasteiger partial charge in [-0.05, 0) is 24.3 Å². The third-order valence-electron chi connectivity index (χ3n) is 2.64. The first-order valence-corrected chi connectivity index (χ1v) is 6.01. The van der Waals surface area contributed by atoms with E-state index in [4.69, 9.17) is 5.26 Å². The number of nitrogens with zero attached hydrogens (tertiary/aromatic N) is 1. The summed E-state index contributed by atoms with van der Waals surface area (Å²) in [5.74, 6) is 5.26. The van der Waals surface area contributed by atoms with Gasteiger partial charge in [0.25, 0.3) is 0 Å². The first-order chi connectivity index (χ1) is 8.38. The predicted octanol–water partition coefficient (Wildman–Crippen LogP) is 3.93. The first kappa shape index (κ1) is 9.90. The van der Waals surface area contributed by atoms with Crippen LogP contribution in [0.5, 0.6) is 0 Å². The van der Waals surface area contributed by atoms with Crippen LogP contribution in [0.1, 0.15) is 5.56 Å². The van der Waals surface area contributed by atoms with Crippen molar-refractivity contribution in [3.63, 3.8) is 0 Å². The lowest BCUT2D eigenvalue weighted by Gasteiger charge is -1.92. The molecule has 3 rings (SSSR count). The van der Waals surface area contributed by atoms with E-state index in [2.05, 4.69) is 36.1 Å². The van der Waals surface area contributed by atoms with Crippen molar-refractivity contribution in [2.75, 3.05) is 0 Å². The van der Waals surface area contributed by atoms with Crippen LogP contribution in [-0.4, -0.2) is 0 Å². The van der Waals surface area contributed by atoms with Crippen LogP contribution >= 0.6 is 11.3 Å². The van der Waals surface area contributed by atoms with Crippen molar-refractivity contribution in [3.05, 3.63) is 48.0 Å². The number of hydrogen-bond acceptors (Lipinski definition) is 2. The van der Waals surface area contributed by atoms with Crippen molar-refractivity contribution in [2.24, 2.45) is 0 Å². The molecule has 0 aliphatic rings.